The molecule has 0 aliphatic carbocycles. The van der Waals surface area contributed by atoms with E-state index in [0.717, 1.165) is 0 Å². The van der Waals surface area contributed by atoms with Crippen molar-refractivity contribution in [3.05, 3.63) is 83.4 Å². The van der Waals surface area contributed by atoms with Gasteiger partial charge in [-0.1, -0.05) is 48.0 Å². The molecule has 0 spiro atoms. The van der Waals surface area contributed by atoms with Crippen LogP contribution in [0.15, 0.2) is 77.7 Å². The van der Waals surface area contributed by atoms with Crippen molar-refractivity contribution in [3.63, 3.8) is 0 Å². The fourth-order valence-electron chi connectivity index (χ4n) is 2.57. The highest BCUT2D eigenvalue weighted by Gasteiger charge is 2.19. The third kappa shape index (κ3) is 5.49. The molecule has 0 heterocycles. The lowest BCUT2D eigenvalue weighted by molar-refractivity contribution is -0.118. The van der Waals surface area contributed by atoms with E-state index in [-0.39, 0.29) is 22.2 Å². The first kappa shape index (κ1) is 20.7. The van der Waals surface area contributed by atoms with E-state index < -0.39 is 15.9 Å². The quantitative estimate of drug-likeness (QED) is 0.579. The molecule has 0 radical (unpaired) electrons. The summed E-state index contributed by atoms with van der Waals surface area (Å²) in [5, 5.41) is 2.93. The third-order valence-electron chi connectivity index (χ3n) is 3.99. The number of ether oxygens (including phenoxy) is 1. The molecule has 0 atom stereocenters. The van der Waals surface area contributed by atoms with Gasteiger partial charge in [-0.25, -0.2) is 8.42 Å². The zero-order valence-corrected chi connectivity index (χ0v) is 17.1. The van der Waals surface area contributed by atoms with Gasteiger partial charge in [0.05, 0.1) is 15.6 Å². The summed E-state index contributed by atoms with van der Waals surface area (Å²) in [6.45, 7) is 1.48. The van der Waals surface area contributed by atoms with E-state index in [1.807, 2.05) is 6.07 Å². The van der Waals surface area contributed by atoms with Gasteiger partial charge in [-0.05, 0) is 48.9 Å². The van der Waals surface area contributed by atoms with Crippen LogP contribution in [0, 0.1) is 6.92 Å². The van der Waals surface area contributed by atoms with Crippen molar-refractivity contribution in [2.24, 2.45) is 0 Å². The molecule has 0 saturated heterocycles. The number of hydrogen-bond acceptors (Lipinski definition) is 4. The second kappa shape index (κ2) is 8.98. The Morgan fingerprint density at radius 2 is 1.69 bits per heavy atom. The molecule has 0 aliphatic heterocycles. The van der Waals surface area contributed by atoms with Crippen molar-refractivity contribution >= 4 is 38.9 Å². The Morgan fingerprint density at radius 1 is 1.00 bits per heavy atom. The Hall–Kier alpha value is -3.03. The van der Waals surface area contributed by atoms with Gasteiger partial charge in [0.1, 0.15) is 5.75 Å². The fourth-order valence-corrected chi connectivity index (χ4v) is 4.16. The summed E-state index contributed by atoms with van der Waals surface area (Å²) in [5.41, 5.74) is 1.15. The maximum Gasteiger partial charge on any atom is 0.262 e. The van der Waals surface area contributed by atoms with Gasteiger partial charge >= 0.3 is 0 Å². The normalized spacial score (nSPS) is 11.0. The summed E-state index contributed by atoms with van der Waals surface area (Å²) in [7, 11) is -3.90. The maximum absolute atomic E-state index is 12.8. The van der Waals surface area contributed by atoms with Gasteiger partial charge < -0.3 is 10.1 Å². The molecule has 150 valence electrons. The second-order valence-electron chi connectivity index (χ2n) is 6.22. The maximum atomic E-state index is 12.8. The van der Waals surface area contributed by atoms with E-state index in [2.05, 4.69) is 10.0 Å². The monoisotopic (exact) mass is 430 g/mol. The van der Waals surface area contributed by atoms with Crippen LogP contribution >= 0.6 is 11.6 Å². The molecule has 0 aliphatic rings. The number of anilines is 2. The minimum absolute atomic E-state index is 0.0409. The van der Waals surface area contributed by atoms with Gasteiger partial charge in [0.15, 0.2) is 6.61 Å². The van der Waals surface area contributed by atoms with Crippen molar-refractivity contribution in [2.75, 3.05) is 16.6 Å². The molecule has 29 heavy (non-hydrogen) atoms. The van der Waals surface area contributed by atoms with Gasteiger partial charge in [-0.2, -0.15) is 0 Å². The Bertz CT molecular complexity index is 1120. The van der Waals surface area contributed by atoms with E-state index in [1.54, 1.807) is 67.6 Å². The Balaban J connectivity index is 1.73. The topological polar surface area (TPSA) is 84.5 Å². The van der Waals surface area contributed by atoms with Crippen molar-refractivity contribution in [1.29, 1.82) is 0 Å². The summed E-state index contributed by atoms with van der Waals surface area (Å²) in [6.07, 6.45) is 0. The van der Waals surface area contributed by atoms with E-state index >= 15 is 0 Å². The van der Waals surface area contributed by atoms with Crippen LogP contribution in [-0.2, 0) is 14.8 Å². The fraction of sp³-hybridized carbons (Fsp3) is 0.0952. The predicted octanol–water partition coefficient (Wildman–Crippen LogP) is 4.47. The lowest BCUT2D eigenvalue weighted by atomic mass is 10.2. The lowest BCUT2D eigenvalue weighted by Gasteiger charge is -2.13. The summed E-state index contributed by atoms with van der Waals surface area (Å²) in [4.78, 5) is 12.2. The summed E-state index contributed by atoms with van der Waals surface area (Å²) >= 11 is 6.05. The van der Waals surface area contributed by atoms with Crippen LogP contribution in [0.1, 0.15) is 5.56 Å². The number of halogens is 1. The van der Waals surface area contributed by atoms with Crippen molar-refractivity contribution in [3.8, 4) is 5.75 Å². The first-order chi connectivity index (χ1) is 13.8. The van der Waals surface area contributed by atoms with Crippen LogP contribution in [0.25, 0.3) is 0 Å². The lowest BCUT2D eigenvalue weighted by Crippen LogP contribution is -2.21. The molecule has 6 nitrogen and oxygen atoms in total. The Labute approximate surface area is 174 Å². The van der Waals surface area contributed by atoms with Crippen LogP contribution < -0.4 is 14.8 Å². The summed E-state index contributed by atoms with van der Waals surface area (Å²) in [5.74, 6) is 0.166. The number of nitrogens with one attached hydrogen (secondary N) is 2. The number of aryl methyl sites for hydroxylation is 1. The number of para-hydroxylation sites is 2. The minimum atomic E-state index is -3.90. The number of amides is 1. The third-order valence-corrected chi connectivity index (χ3v) is 5.83. The molecule has 3 aromatic carbocycles. The molecule has 3 aromatic rings. The molecule has 0 aromatic heterocycles. The molecule has 8 heteroatoms. The largest absolute Gasteiger partial charge is 0.484 e. The number of carbonyl (C=O) groups excluding carboxylic acids is 1. The second-order valence-corrected chi connectivity index (χ2v) is 8.27. The molecule has 0 fully saturated rings. The van der Waals surface area contributed by atoms with Gasteiger partial charge in [0.2, 0.25) is 0 Å². The Morgan fingerprint density at radius 3 is 2.41 bits per heavy atom. The molecule has 2 N–H and O–H groups in total. The minimum Gasteiger partial charge on any atom is -0.484 e. The number of sulfonamides is 1. The molecule has 3 rings (SSSR count). The highest BCUT2D eigenvalue weighted by molar-refractivity contribution is 7.92. The first-order valence-corrected chi connectivity index (χ1v) is 10.6. The highest BCUT2D eigenvalue weighted by atomic mass is 35.5. The van der Waals surface area contributed by atoms with Crippen molar-refractivity contribution < 1.29 is 17.9 Å². The van der Waals surface area contributed by atoms with Gasteiger partial charge in [0, 0.05) is 5.69 Å². The number of benzene rings is 3. The van der Waals surface area contributed by atoms with Gasteiger partial charge in [0.25, 0.3) is 15.9 Å². The average molecular weight is 431 g/mol. The first-order valence-electron chi connectivity index (χ1n) is 8.71. The standard InChI is InChI=1S/C21H19ClN2O4S/c1-15-11-12-16(23-21(25)14-28-17-7-3-2-4-8-17)13-20(15)29(26,27)24-19-10-6-5-9-18(19)22/h2-13,24H,14H2,1H3,(H,23,25). The van der Waals surface area contributed by atoms with Gasteiger partial charge in [-0.15, -0.1) is 0 Å². The Kier molecular flexibility index (Phi) is 6.41. The zero-order chi connectivity index (χ0) is 20.9. The zero-order valence-electron chi connectivity index (χ0n) is 15.6. The van der Waals surface area contributed by atoms with Crippen molar-refractivity contribution in [1.82, 2.24) is 0 Å². The molecule has 0 bridgehead atoms. The predicted molar refractivity (Wildman–Crippen MR) is 114 cm³/mol. The van der Waals surface area contributed by atoms with Crippen molar-refractivity contribution in [2.45, 2.75) is 11.8 Å². The van der Waals surface area contributed by atoms with Crippen LogP contribution in [0.5, 0.6) is 5.75 Å². The SMILES string of the molecule is Cc1ccc(NC(=O)COc2ccccc2)cc1S(=O)(=O)Nc1ccccc1Cl. The van der Waals surface area contributed by atoms with Crippen LogP contribution in [0.3, 0.4) is 0 Å². The number of rotatable bonds is 7. The molecule has 0 unspecified atom stereocenters. The summed E-state index contributed by atoms with van der Waals surface area (Å²) < 4.78 is 33.5. The molecular formula is C21H19ClN2O4S. The molecule has 0 saturated carbocycles. The van der Waals surface area contributed by atoms with E-state index in [4.69, 9.17) is 16.3 Å². The summed E-state index contributed by atoms with van der Waals surface area (Å²) in [6, 6.07) is 20.1. The van der Waals surface area contributed by atoms with Gasteiger partial charge in [-0.3, -0.25) is 9.52 Å². The van der Waals surface area contributed by atoms with E-state index in [1.165, 1.54) is 6.07 Å². The van der Waals surface area contributed by atoms with Crippen LogP contribution in [0.2, 0.25) is 5.02 Å². The highest BCUT2D eigenvalue weighted by Crippen LogP contribution is 2.26. The van der Waals surface area contributed by atoms with E-state index in [0.29, 0.717) is 17.0 Å². The van der Waals surface area contributed by atoms with E-state index in [9.17, 15) is 13.2 Å². The van der Waals surface area contributed by atoms with Crippen LogP contribution in [0.4, 0.5) is 11.4 Å². The van der Waals surface area contributed by atoms with Crippen LogP contribution in [-0.4, -0.2) is 20.9 Å². The average Bonchev–Trinajstić information content (AvgIpc) is 2.70. The number of hydrogen-bond donors (Lipinski definition) is 2. The number of carbonyl (C=O) groups is 1. The molecule has 1 amide bonds. The molecular weight excluding hydrogens is 412 g/mol. The smallest absolute Gasteiger partial charge is 0.262 e.